The van der Waals surface area contributed by atoms with Crippen molar-refractivity contribution in [2.24, 2.45) is 0 Å². The molecule has 0 saturated carbocycles. The number of para-hydroxylation sites is 1. The summed E-state index contributed by atoms with van der Waals surface area (Å²) >= 11 is 0. The van der Waals surface area contributed by atoms with Crippen LogP contribution < -0.4 is 0 Å². The van der Waals surface area contributed by atoms with Crippen LogP contribution in [0.1, 0.15) is 40.3 Å². The van der Waals surface area contributed by atoms with E-state index in [-0.39, 0.29) is 23.6 Å². The first-order chi connectivity index (χ1) is 17.5. The number of H-pyrrole nitrogens is 1. The number of nitrogens with one attached hydrogen (secondary N) is 1. The van der Waals surface area contributed by atoms with Gasteiger partial charge in [-0.15, -0.1) is 0 Å². The largest absolute Gasteiger partial charge is 0.508 e. The van der Waals surface area contributed by atoms with Crippen molar-refractivity contribution in [3.63, 3.8) is 0 Å². The van der Waals surface area contributed by atoms with Gasteiger partial charge in [0.2, 0.25) is 0 Å². The molecular formula is C30H29FN2O3. The maximum atomic E-state index is 14.0. The van der Waals surface area contributed by atoms with E-state index in [4.69, 9.17) is 4.74 Å². The van der Waals surface area contributed by atoms with Gasteiger partial charge in [-0.3, -0.25) is 4.90 Å². The number of halogens is 1. The second-order valence-electron chi connectivity index (χ2n) is 9.22. The van der Waals surface area contributed by atoms with E-state index in [2.05, 4.69) is 40.3 Å². The Hall–Kier alpha value is -3.90. The van der Waals surface area contributed by atoms with Crippen molar-refractivity contribution in [1.82, 2.24) is 9.88 Å². The average Bonchev–Trinajstić information content (AvgIpc) is 3.51. The Labute approximate surface area is 209 Å². The van der Waals surface area contributed by atoms with E-state index in [9.17, 15) is 14.3 Å². The molecule has 6 heteroatoms. The van der Waals surface area contributed by atoms with Crippen molar-refractivity contribution in [1.29, 1.82) is 0 Å². The predicted octanol–water partition coefficient (Wildman–Crippen LogP) is 5.93. The molecule has 3 aromatic carbocycles. The van der Waals surface area contributed by atoms with Gasteiger partial charge >= 0.3 is 5.97 Å². The minimum atomic E-state index is -0.383. The number of hydrogen-bond donors (Lipinski definition) is 2. The molecule has 5 rings (SSSR count). The van der Waals surface area contributed by atoms with Gasteiger partial charge in [0, 0.05) is 47.9 Å². The Kier molecular flexibility index (Phi) is 6.87. The molecule has 0 amide bonds. The summed E-state index contributed by atoms with van der Waals surface area (Å²) in [6.45, 7) is 1.20. The summed E-state index contributed by atoms with van der Waals surface area (Å²) < 4.78 is 18.7. The van der Waals surface area contributed by atoms with Gasteiger partial charge in [-0.05, 0) is 71.9 Å². The lowest BCUT2D eigenvalue weighted by atomic mass is 10.0. The van der Waals surface area contributed by atoms with Gasteiger partial charge in [0.15, 0.2) is 0 Å². The number of aryl methyl sites for hydroxylation is 1. The monoisotopic (exact) mass is 484 g/mol. The summed E-state index contributed by atoms with van der Waals surface area (Å²) in [4.78, 5) is 17.2. The molecule has 0 bridgehead atoms. The molecule has 1 atom stereocenters. The lowest BCUT2D eigenvalue weighted by Gasteiger charge is -2.30. The number of aromatic amines is 1. The average molecular weight is 485 g/mol. The Morgan fingerprint density at radius 3 is 2.89 bits per heavy atom. The molecule has 1 heterocycles. The molecule has 0 aliphatic heterocycles. The number of ether oxygens (including phenoxy) is 1. The van der Waals surface area contributed by atoms with Crippen LogP contribution >= 0.6 is 0 Å². The van der Waals surface area contributed by atoms with E-state index < -0.39 is 0 Å². The van der Waals surface area contributed by atoms with Crippen LogP contribution in [-0.2, 0) is 28.9 Å². The fraction of sp³-hybridized carbons (Fsp3) is 0.233. The molecule has 184 valence electrons. The van der Waals surface area contributed by atoms with Gasteiger partial charge in [-0.1, -0.05) is 36.4 Å². The number of rotatable bonds is 8. The first kappa shape index (κ1) is 23.8. The van der Waals surface area contributed by atoms with Crippen molar-refractivity contribution in [2.75, 3.05) is 13.7 Å². The van der Waals surface area contributed by atoms with Crippen LogP contribution in [0, 0.1) is 5.82 Å². The molecule has 4 aromatic rings. The van der Waals surface area contributed by atoms with Crippen molar-refractivity contribution in [2.45, 2.75) is 31.8 Å². The van der Waals surface area contributed by atoms with E-state index in [1.807, 2.05) is 18.2 Å². The molecule has 0 saturated heterocycles. The number of esters is 1. The van der Waals surface area contributed by atoms with Gasteiger partial charge in [-0.25, -0.2) is 9.18 Å². The third kappa shape index (κ3) is 5.04. The van der Waals surface area contributed by atoms with Crippen LogP contribution in [-0.4, -0.2) is 34.6 Å². The first-order valence-corrected chi connectivity index (χ1v) is 12.2. The van der Waals surface area contributed by atoms with Gasteiger partial charge in [0.05, 0.1) is 7.11 Å². The molecule has 36 heavy (non-hydrogen) atoms. The molecule has 0 radical (unpaired) electrons. The minimum absolute atomic E-state index is 0.106. The molecule has 1 aromatic heterocycles. The lowest BCUT2D eigenvalue weighted by Crippen LogP contribution is -2.29. The van der Waals surface area contributed by atoms with Crippen molar-refractivity contribution >= 4 is 22.9 Å². The highest BCUT2D eigenvalue weighted by Crippen LogP contribution is 2.38. The molecule has 0 spiro atoms. The molecule has 1 aliphatic carbocycles. The maximum absolute atomic E-state index is 14.0. The number of carbonyl (C=O) groups is 1. The third-order valence-electron chi connectivity index (χ3n) is 7.03. The molecule has 5 nitrogen and oxygen atoms in total. The highest BCUT2D eigenvalue weighted by atomic mass is 19.1. The standard InChI is InChI=1S/C30H29FN2O3/c1-36-30(35)13-7-20-6-10-26-21(16-20)8-11-28(26)33(19-23-17-24(31)9-12-29(23)34)15-14-22-18-32-27-5-3-2-4-25(22)27/h2-7,9-10,12-13,16-18,28,32,34H,8,11,14-15,19H2,1H3. The van der Waals surface area contributed by atoms with Crippen LogP contribution in [0.5, 0.6) is 5.75 Å². The number of hydrogen-bond acceptors (Lipinski definition) is 4. The van der Waals surface area contributed by atoms with E-state index in [1.54, 1.807) is 6.08 Å². The van der Waals surface area contributed by atoms with Crippen LogP contribution in [0.2, 0.25) is 0 Å². The van der Waals surface area contributed by atoms with Gasteiger partial charge in [-0.2, -0.15) is 0 Å². The number of aromatic nitrogens is 1. The fourth-order valence-electron chi connectivity index (χ4n) is 5.18. The summed E-state index contributed by atoms with van der Waals surface area (Å²) in [5, 5.41) is 11.6. The topological polar surface area (TPSA) is 65.6 Å². The van der Waals surface area contributed by atoms with Crippen molar-refractivity contribution < 1.29 is 19.0 Å². The Balaban J connectivity index is 1.42. The van der Waals surface area contributed by atoms with E-state index in [0.717, 1.165) is 36.9 Å². The normalized spacial score (nSPS) is 15.1. The predicted molar refractivity (Wildman–Crippen MR) is 139 cm³/mol. The molecule has 0 fully saturated rings. The number of aromatic hydroxyl groups is 1. The second-order valence-corrected chi connectivity index (χ2v) is 9.22. The summed E-state index contributed by atoms with van der Waals surface area (Å²) in [5.74, 6) is -0.630. The molecule has 2 N–H and O–H groups in total. The molecule has 1 unspecified atom stereocenters. The van der Waals surface area contributed by atoms with Crippen LogP contribution in [0.3, 0.4) is 0 Å². The maximum Gasteiger partial charge on any atom is 0.330 e. The lowest BCUT2D eigenvalue weighted by molar-refractivity contribution is -0.134. The third-order valence-corrected chi connectivity index (χ3v) is 7.03. The zero-order valence-corrected chi connectivity index (χ0v) is 20.2. The van der Waals surface area contributed by atoms with Crippen molar-refractivity contribution in [3.05, 3.63) is 107 Å². The van der Waals surface area contributed by atoms with Gasteiger partial charge < -0.3 is 14.8 Å². The van der Waals surface area contributed by atoms with E-state index >= 15 is 0 Å². The van der Waals surface area contributed by atoms with Crippen LogP contribution in [0.15, 0.2) is 72.9 Å². The highest BCUT2D eigenvalue weighted by molar-refractivity contribution is 5.87. The summed E-state index contributed by atoms with van der Waals surface area (Å²) in [5.41, 5.74) is 6.36. The van der Waals surface area contributed by atoms with E-state index in [1.165, 1.54) is 53.5 Å². The number of fused-ring (bicyclic) bond motifs is 2. The second kappa shape index (κ2) is 10.4. The number of phenols is 1. The summed E-state index contributed by atoms with van der Waals surface area (Å²) in [6.07, 6.45) is 7.92. The zero-order chi connectivity index (χ0) is 25.1. The van der Waals surface area contributed by atoms with Crippen LogP contribution in [0.25, 0.3) is 17.0 Å². The number of carbonyl (C=O) groups excluding carboxylic acids is 1. The number of benzene rings is 3. The highest BCUT2D eigenvalue weighted by Gasteiger charge is 2.29. The van der Waals surface area contributed by atoms with Crippen molar-refractivity contribution in [3.8, 4) is 5.75 Å². The minimum Gasteiger partial charge on any atom is -0.508 e. The summed E-state index contributed by atoms with van der Waals surface area (Å²) in [7, 11) is 1.36. The Morgan fingerprint density at radius 1 is 1.17 bits per heavy atom. The Morgan fingerprint density at radius 2 is 2.03 bits per heavy atom. The number of methoxy groups -OCH3 is 1. The molecular weight excluding hydrogens is 455 g/mol. The SMILES string of the molecule is COC(=O)C=Cc1ccc2c(c1)CCC2N(CCc1c[nH]c2ccccc12)Cc1cc(F)ccc1O. The quantitative estimate of drug-likeness (QED) is 0.240. The number of nitrogens with zero attached hydrogens (tertiary/aromatic N) is 1. The Bertz CT molecular complexity index is 1420. The van der Waals surface area contributed by atoms with Gasteiger partial charge in [0.25, 0.3) is 0 Å². The molecule has 1 aliphatic rings. The fourth-order valence-corrected chi connectivity index (χ4v) is 5.18. The smallest absolute Gasteiger partial charge is 0.330 e. The van der Waals surface area contributed by atoms with Gasteiger partial charge in [0.1, 0.15) is 11.6 Å². The van der Waals surface area contributed by atoms with Crippen LogP contribution in [0.4, 0.5) is 4.39 Å². The summed E-state index contributed by atoms with van der Waals surface area (Å²) in [6, 6.07) is 18.8. The van der Waals surface area contributed by atoms with E-state index in [0.29, 0.717) is 12.1 Å². The number of phenolic OH excluding ortho intramolecular Hbond substituents is 1. The zero-order valence-electron chi connectivity index (χ0n) is 20.2. The first-order valence-electron chi connectivity index (χ1n) is 12.2.